The first-order chi connectivity index (χ1) is 12.6. The minimum atomic E-state index is -0.757. The third kappa shape index (κ3) is 3.57. The second-order valence-corrected chi connectivity index (χ2v) is 6.56. The molecule has 1 heterocycles. The molecule has 0 aliphatic heterocycles. The van der Waals surface area contributed by atoms with Crippen LogP contribution < -0.4 is 0 Å². The first-order valence-corrected chi connectivity index (χ1v) is 9.18. The summed E-state index contributed by atoms with van der Waals surface area (Å²) in [6.45, 7) is 5.20. The molecule has 2 aromatic carbocycles. The van der Waals surface area contributed by atoms with Crippen molar-refractivity contribution < 1.29 is 9.90 Å². The molecular formula is C23H25NO2. The number of carboxylic acid groups (broad SMARTS) is 1. The van der Waals surface area contributed by atoms with E-state index in [2.05, 4.69) is 54.8 Å². The zero-order valence-electron chi connectivity index (χ0n) is 15.4. The van der Waals surface area contributed by atoms with Crippen LogP contribution in [-0.2, 0) is 17.8 Å². The number of nitrogens with zero attached hydrogens (tertiary/aromatic N) is 1. The lowest BCUT2D eigenvalue weighted by Crippen LogP contribution is -2.07. The zero-order chi connectivity index (χ0) is 18.5. The molecule has 0 amide bonds. The van der Waals surface area contributed by atoms with Gasteiger partial charge in [-0.15, -0.1) is 0 Å². The van der Waals surface area contributed by atoms with Crippen LogP contribution in [0.15, 0.2) is 60.7 Å². The van der Waals surface area contributed by atoms with E-state index in [1.807, 2.05) is 24.3 Å². The highest BCUT2D eigenvalue weighted by Crippen LogP contribution is 2.40. The van der Waals surface area contributed by atoms with Gasteiger partial charge in [0.05, 0.1) is 6.42 Å². The number of hydrogen-bond acceptors (Lipinski definition) is 1. The van der Waals surface area contributed by atoms with Crippen LogP contribution in [0.2, 0.25) is 0 Å². The van der Waals surface area contributed by atoms with Gasteiger partial charge in [0.1, 0.15) is 0 Å². The molecule has 3 aromatic rings. The summed E-state index contributed by atoms with van der Waals surface area (Å²) in [4.78, 5) is 11.2. The Bertz CT molecular complexity index is 880. The average Bonchev–Trinajstić information content (AvgIpc) is 2.94. The smallest absolute Gasteiger partial charge is 0.303 e. The largest absolute Gasteiger partial charge is 0.481 e. The Morgan fingerprint density at radius 3 is 1.96 bits per heavy atom. The van der Waals surface area contributed by atoms with Crippen molar-refractivity contribution in [2.24, 2.45) is 0 Å². The summed E-state index contributed by atoms with van der Waals surface area (Å²) in [6, 6.07) is 20.7. The fraction of sp³-hybridized carbons (Fsp3) is 0.261. The third-order valence-electron chi connectivity index (χ3n) is 4.78. The van der Waals surface area contributed by atoms with Crippen LogP contribution in [0, 0.1) is 6.92 Å². The number of aromatic nitrogens is 1. The van der Waals surface area contributed by atoms with Gasteiger partial charge in [-0.1, -0.05) is 67.6 Å². The van der Waals surface area contributed by atoms with Crippen LogP contribution in [0.3, 0.4) is 0 Å². The molecule has 0 spiro atoms. The SMILES string of the molecule is CCCn1c(C)c(-c2ccccc2)c(-c2ccccc2)c1CCC(=O)O. The number of carboxylic acids is 1. The van der Waals surface area contributed by atoms with E-state index >= 15 is 0 Å². The minimum Gasteiger partial charge on any atom is -0.481 e. The Balaban J connectivity index is 2.28. The lowest BCUT2D eigenvalue weighted by Gasteiger charge is -2.11. The Kier molecular flexibility index (Phi) is 5.57. The minimum absolute atomic E-state index is 0.140. The standard InChI is InChI=1S/C23H25NO2/c1-3-16-24-17(2)22(18-10-6-4-7-11-18)23(19-12-8-5-9-13-19)20(24)14-15-21(25)26/h4-13H,3,14-16H2,1-2H3,(H,25,26). The molecule has 3 heteroatoms. The van der Waals surface area contributed by atoms with Gasteiger partial charge >= 0.3 is 5.97 Å². The highest BCUT2D eigenvalue weighted by atomic mass is 16.4. The molecule has 0 fully saturated rings. The molecule has 0 unspecified atom stereocenters. The van der Waals surface area contributed by atoms with Crippen molar-refractivity contribution in [2.45, 2.75) is 39.7 Å². The number of aliphatic carboxylic acids is 1. The van der Waals surface area contributed by atoms with E-state index in [9.17, 15) is 9.90 Å². The monoisotopic (exact) mass is 347 g/mol. The first-order valence-electron chi connectivity index (χ1n) is 9.18. The van der Waals surface area contributed by atoms with Crippen LogP contribution in [0.4, 0.5) is 0 Å². The van der Waals surface area contributed by atoms with E-state index < -0.39 is 5.97 Å². The molecule has 0 radical (unpaired) electrons. The maximum atomic E-state index is 11.2. The van der Waals surface area contributed by atoms with E-state index in [4.69, 9.17) is 0 Å². The molecule has 3 nitrogen and oxygen atoms in total. The van der Waals surface area contributed by atoms with Crippen LogP contribution in [-0.4, -0.2) is 15.6 Å². The highest BCUT2D eigenvalue weighted by Gasteiger charge is 2.22. The summed E-state index contributed by atoms with van der Waals surface area (Å²) in [5.41, 5.74) is 7.03. The quantitative estimate of drug-likeness (QED) is 0.608. The van der Waals surface area contributed by atoms with E-state index in [0.29, 0.717) is 6.42 Å². The van der Waals surface area contributed by atoms with Crippen molar-refractivity contribution in [3.05, 3.63) is 72.1 Å². The van der Waals surface area contributed by atoms with Crippen molar-refractivity contribution in [1.29, 1.82) is 0 Å². The normalized spacial score (nSPS) is 10.8. The Morgan fingerprint density at radius 2 is 1.46 bits per heavy atom. The van der Waals surface area contributed by atoms with Crippen molar-refractivity contribution in [2.75, 3.05) is 0 Å². The maximum absolute atomic E-state index is 11.2. The fourth-order valence-electron chi connectivity index (χ4n) is 3.68. The van der Waals surface area contributed by atoms with Gasteiger partial charge in [0.25, 0.3) is 0 Å². The molecule has 0 aliphatic rings. The van der Waals surface area contributed by atoms with Gasteiger partial charge < -0.3 is 9.67 Å². The number of hydrogen-bond donors (Lipinski definition) is 1. The van der Waals surface area contributed by atoms with E-state index in [1.54, 1.807) is 0 Å². The van der Waals surface area contributed by atoms with E-state index in [-0.39, 0.29) is 6.42 Å². The number of rotatable bonds is 7. The fourth-order valence-corrected chi connectivity index (χ4v) is 3.68. The molecule has 134 valence electrons. The van der Waals surface area contributed by atoms with Crippen molar-refractivity contribution in [3.8, 4) is 22.3 Å². The van der Waals surface area contributed by atoms with Gasteiger partial charge in [-0.25, -0.2) is 0 Å². The Hall–Kier alpha value is -2.81. The second-order valence-electron chi connectivity index (χ2n) is 6.56. The van der Waals surface area contributed by atoms with Gasteiger partial charge in [0.15, 0.2) is 0 Å². The van der Waals surface area contributed by atoms with Crippen LogP contribution in [0.25, 0.3) is 22.3 Å². The van der Waals surface area contributed by atoms with Crippen molar-refractivity contribution in [1.82, 2.24) is 4.57 Å². The van der Waals surface area contributed by atoms with Crippen LogP contribution >= 0.6 is 0 Å². The summed E-state index contributed by atoms with van der Waals surface area (Å²) in [6.07, 6.45) is 1.69. The lowest BCUT2D eigenvalue weighted by molar-refractivity contribution is -0.136. The molecule has 0 bridgehead atoms. The summed E-state index contributed by atoms with van der Waals surface area (Å²) in [5.74, 6) is -0.757. The van der Waals surface area contributed by atoms with Gasteiger partial charge in [-0.2, -0.15) is 0 Å². The Morgan fingerprint density at radius 1 is 0.923 bits per heavy atom. The van der Waals surface area contributed by atoms with Gasteiger partial charge in [-0.3, -0.25) is 4.79 Å². The zero-order valence-corrected chi connectivity index (χ0v) is 15.4. The van der Waals surface area contributed by atoms with Crippen LogP contribution in [0.5, 0.6) is 0 Å². The molecule has 1 N–H and O–H groups in total. The summed E-state index contributed by atoms with van der Waals surface area (Å²) < 4.78 is 2.31. The van der Waals surface area contributed by atoms with Gasteiger partial charge in [0, 0.05) is 29.1 Å². The molecule has 0 atom stereocenters. The predicted molar refractivity (Wildman–Crippen MR) is 106 cm³/mol. The summed E-state index contributed by atoms with van der Waals surface area (Å²) >= 11 is 0. The molecule has 0 aliphatic carbocycles. The first kappa shape index (κ1) is 18.0. The number of benzene rings is 2. The van der Waals surface area contributed by atoms with Crippen LogP contribution in [0.1, 0.15) is 31.2 Å². The molecule has 0 saturated heterocycles. The topological polar surface area (TPSA) is 42.2 Å². The predicted octanol–water partition coefficient (Wildman–Crippen LogP) is 5.56. The summed E-state index contributed by atoms with van der Waals surface area (Å²) in [5, 5.41) is 9.24. The van der Waals surface area contributed by atoms with Gasteiger partial charge in [0.2, 0.25) is 0 Å². The molecule has 3 rings (SSSR count). The van der Waals surface area contributed by atoms with Crippen molar-refractivity contribution in [3.63, 3.8) is 0 Å². The second kappa shape index (κ2) is 8.05. The van der Waals surface area contributed by atoms with Gasteiger partial charge in [-0.05, 0) is 30.9 Å². The maximum Gasteiger partial charge on any atom is 0.303 e. The Labute approximate surface area is 154 Å². The average molecular weight is 347 g/mol. The lowest BCUT2D eigenvalue weighted by atomic mass is 9.94. The van der Waals surface area contributed by atoms with E-state index in [1.165, 1.54) is 22.4 Å². The molecule has 26 heavy (non-hydrogen) atoms. The number of carbonyl (C=O) groups is 1. The molecule has 0 saturated carbocycles. The molecular weight excluding hydrogens is 322 g/mol. The third-order valence-corrected chi connectivity index (χ3v) is 4.78. The highest BCUT2D eigenvalue weighted by molar-refractivity contribution is 5.88. The van der Waals surface area contributed by atoms with E-state index in [0.717, 1.165) is 24.2 Å². The molecule has 1 aromatic heterocycles. The van der Waals surface area contributed by atoms with Crippen molar-refractivity contribution >= 4 is 5.97 Å². The summed E-state index contributed by atoms with van der Waals surface area (Å²) in [7, 11) is 0.